The molecule has 1 fully saturated rings. The molecule has 1 atom stereocenters. The molecule has 104 valence electrons. The number of nitrogens with two attached hydrogens (primary N) is 1. The molecule has 2 heterocycles. The smallest absolute Gasteiger partial charge is 0.358 e. The summed E-state index contributed by atoms with van der Waals surface area (Å²) in [6, 6.07) is 7.01. The van der Waals surface area contributed by atoms with E-state index in [9.17, 15) is 9.90 Å². The largest absolute Gasteiger partial charge is 0.476 e. The van der Waals surface area contributed by atoms with E-state index in [-0.39, 0.29) is 11.7 Å². The van der Waals surface area contributed by atoms with Crippen molar-refractivity contribution in [3.63, 3.8) is 0 Å². The van der Waals surface area contributed by atoms with Gasteiger partial charge in [-0.05, 0) is 18.6 Å². The van der Waals surface area contributed by atoms with E-state index in [2.05, 4.69) is 10.3 Å². The van der Waals surface area contributed by atoms with E-state index in [0.717, 1.165) is 12.0 Å². The fourth-order valence-corrected chi connectivity index (χ4v) is 2.32. The Morgan fingerprint density at radius 3 is 2.75 bits per heavy atom. The first-order valence-corrected chi connectivity index (χ1v) is 6.29. The zero-order valence-electron chi connectivity index (χ0n) is 10.7. The van der Waals surface area contributed by atoms with Gasteiger partial charge in [-0.15, -0.1) is 5.10 Å². The molecular weight excluding hydrogens is 260 g/mol. The molecule has 1 aromatic heterocycles. The molecule has 7 heteroatoms. The molecular formula is C13H14N4O3. The maximum atomic E-state index is 11.3. The van der Waals surface area contributed by atoms with Gasteiger partial charge in [-0.3, -0.25) is 0 Å². The van der Waals surface area contributed by atoms with Gasteiger partial charge in [0, 0.05) is 17.9 Å². The van der Waals surface area contributed by atoms with E-state index in [1.54, 1.807) is 28.9 Å². The van der Waals surface area contributed by atoms with Crippen LogP contribution in [0.25, 0.3) is 11.3 Å². The summed E-state index contributed by atoms with van der Waals surface area (Å²) in [7, 11) is 0. The number of hydrogen-bond acceptors (Lipinski definition) is 5. The molecule has 0 spiro atoms. The van der Waals surface area contributed by atoms with Crippen LogP contribution in [0.15, 0.2) is 24.3 Å². The fourth-order valence-electron chi connectivity index (χ4n) is 2.32. The molecule has 1 unspecified atom stereocenters. The van der Waals surface area contributed by atoms with Crippen molar-refractivity contribution in [2.75, 3.05) is 18.9 Å². The van der Waals surface area contributed by atoms with Crippen LogP contribution in [0, 0.1) is 0 Å². The first-order chi connectivity index (χ1) is 9.66. The van der Waals surface area contributed by atoms with Crippen LogP contribution in [0.5, 0.6) is 0 Å². The Morgan fingerprint density at radius 2 is 2.15 bits per heavy atom. The number of aromatic nitrogens is 3. The number of carboxylic acids is 1. The van der Waals surface area contributed by atoms with Gasteiger partial charge in [-0.25, -0.2) is 9.48 Å². The summed E-state index contributed by atoms with van der Waals surface area (Å²) in [6.45, 7) is 1.17. The van der Waals surface area contributed by atoms with Crippen LogP contribution in [0.4, 0.5) is 5.69 Å². The molecule has 3 N–H and O–H groups in total. The van der Waals surface area contributed by atoms with Gasteiger partial charge >= 0.3 is 5.97 Å². The Hall–Kier alpha value is -2.41. The number of aromatic carboxylic acids is 1. The van der Waals surface area contributed by atoms with Crippen molar-refractivity contribution < 1.29 is 14.6 Å². The topological polar surface area (TPSA) is 103 Å². The van der Waals surface area contributed by atoms with Gasteiger partial charge in [0.1, 0.15) is 5.69 Å². The van der Waals surface area contributed by atoms with Crippen molar-refractivity contribution in [1.82, 2.24) is 15.0 Å². The fraction of sp³-hybridized carbons (Fsp3) is 0.308. The molecule has 2 aromatic rings. The predicted octanol–water partition coefficient (Wildman–Crippen LogP) is 1.19. The first-order valence-electron chi connectivity index (χ1n) is 6.29. The van der Waals surface area contributed by atoms with Crippen molar-refractivity contribution in [2.45, 2.75) is 12.5 Å². The second kappa shape index (κ2) is 4.93. The van der Waals surface area contributed by atoms with E-state index in [1.165, 1.54) is 0 Å². The van der Waals surface area contributed by atoms with E-state index in [4.69, 9.17) is 10.5 Å². The van der Waals surface area contributed by atoms with E-state index >= 15 is 0 Å². The van der Waals surface area contributed by atoms with Gasteiger partial charge in [-0.2, -0.15) is 0 Å². The standard InChI is InChI=1S/C13H14N4O3/c14-9-3-1-8(2-4-9)12-11(13(18)19)15-16-17(12)10-5-6-20-7-10/h1-4,10H,5-7,14H2,(H,18,19). The number of benzene rings is 1. The molecule has 0 amide bonds. The number of rotatable bonds is 3. The molecule has 0 radical (unpaired) electrons. The van der Waals surface area contributed by atoms with Gasteiger partial charge in [0.2, 0.25) is 0 Å². The molecule has 20 heavy (non-hydrogen) atoms. The lowest BCUT2D eigenvalue weighted by Gasteiger charge is -2.12. The highest BCUT2D eigenvalue weighted by molar-refractivity contribution is 5.92. The van der Waals surface area contributed by atoms with Gasteiger partial charge in [0.25, 0.3) is 0 Å². The third kappa shape index (κ3) is 2.12. The quantitative estimate of drug-likeness (QED) is 0.815. The highest BCUT2D eigenvalue weighted by Crippen LogP contribution is 2.29. The lowest BCUT2D eigenvalue weighted by Crippen LogP contribution is -2.12. The monoisotopic (exact) mass is 274 g/mol. The number of anilines is 1. The SMILES string of the molecule is Nc1ccc(-c2c(C(=O)O)nnn2C2CCOC2)cc1. The summed E-state index contributed by atoms with van der Waals surface area (Å²) in [6.07, 6.45) is 0.796. The number of carbonyl (C=O) groups is 1. The Kier molecular flexibility index (Phi) is 3.11. The van der Waals surface area contributed by atoms with Gasteiger partial charge in [0.05, 0.1) is 12.6 Å². The van der Waals surface area contributed by atoms with Crippen LogP contribution < -0.4 is 5.73 Å². The number of nitrogens with zero attached hydrogens (tertiary/aromatic N) is 3. The highest BCUT2D eigenvalue weighted by Gasteiger charge is 2.27. The number of hydrogen-bond donors (Lipinski definition) is 2. The summed E-state index contributed by atoms with van der Waals surface area (Å²) in [5.41, 5.74) is 7.45. The average molecular weight is 274 g/mol. The lowest BCUT2D eigenvalue weighted by molar-refractivity contribution is 0.0691. The number of ether oxygens (including phenoxy) is 1. The van der Waals surface area contributed by atoms with Crippen LogP contribution >= 0.6 is 0 Å². The average Bonchev–Trinajstić information content (AvgIpc) is 3.08. The second-order valence-electron chi connectivity index (χ2n) is 4.68. The van der Waals surface area contributed by atoms with Crippen molar-refractivity contribution in [3.8, 4) is 11.3 Å². The summed E-state index contributed by atoms with van der Waals surface area (Å²) in [5.74, 6) is -1.10. The van der Waals surface area contributed by atoms with Gasteiger partial charge in [0.15, 0.2) is 5.69 Å². The second-order valence-corrected chi connectivity index (χ2v) is 4.68. The molecule has 1 aliphatic heterocycles. The molecule has 7 nitrogen and oxygen atoms in total. The molecule has 1 aliphatic rings. The molecule has 0 saturated carbocycles. The normalized spacial score (nSPS) is 18.3. The summed E-state index contributed by atoms with van der Waals surface area (Å²) in [4.78, 5) is 11.3. The minimum absolute atomic E-state index is 0.0168. The third-order valence-corrected chi connectivity index (χ3v) is 3.33. The van der Waals surface area contributed by atoms with Crippen LogP contribution in [0.1, 0.15) is 23.0 Å². The van der Waals surface area contributed by atoms with Gasteiger partial charge < -0.3 is 15.6 Å². The molecule has 1 saturated heterocycles. The van der Waals surface area contributed by atoms with Crippen molar-refractivity contribution in [3.05, 3.63) is 30.0 Å². The Bertz CT molecular complexity index is 630. The molecule has 0 bridgehead atoms. The first kappa shape index (κ1) is 12.6. The van der Waals surface area contributed by atoms with Crippen LogP contribution in [0.3, 0.4) is 0 Å². The number of nitrogen functional groups attached to an aromatic ring is 1. The Balaban J connectivity index is 2.12. The lowest BCUT2D eigenvalue weighted by atomic mass is 10.1. The maximum absolute atomic E-state index is 11.3. The number of carboxylic acid groups (broad SMARTS) is 1. The predicted molar refractivity (Wildman–Crippen MR) is 71.3 cm³/mol. The molecule has 0 aliphatic carbocycles. The van der Waals surface area contributed by atoms with Crippen molar-refractivity contribution in [2.24, 2.45) is 0 Å². The van der Waals surface area contributed by atoms with Crippen LogP contribution in [-0.2, 0) is 4.74 Å². The summed E-state index contributed by atoms with van der Waals surface area (Å²) < 4.78 is 6.98. The zero-order valence-corrected chi connectivity index (χ0v) is 10.7. The van der Waals surface area contributed by atoms with Gasteiger partial charge in [-0.1, -0.05) is 17.3 Å². The van der Waals surface area contributed by atoms with E-state index in [0.29, 0.717) is 24.6 Å². The van der Waals surface area contributed by atoms with Crippen LogP contribution in [0.2, 0.25) is 0 Å². The Morgan fingerprint density at radius 1 is 1.40 bits per heavy atom. The minimum Gasteiger partial charge on any atom is -0.476 e. The molecule has 3 rings (SSSR count). The molecule has 1 aromatic carbocycles. The summed E-state index contributed by atoms with van der Waals surface area (Å²) >= 11 is 0. The van der Waals surface area contributed by atoms with E-state index < -0.39 is 5.97 Å². The van der Waals surface area contributed by atoms with Crippen molar-refractivity contribution in [1.29, 1.82) is 0 Å². The summed E-state index contributed by atoms with van der Waals surface area (Å²) in [5, 5.41) is 17.0. The third-order valence-electron chi connectivity index (χ3n) is 3.33. The Labute approximate surface area is 115 Å². The van der Waals surface area contributed by atoms with Crippen LogP contribution in [-0.4, -0.2) is 39.3 Å². The minimum atomic E-state index is -1.10. The highest BCUT2D eigenvalue weighted by atomic mass is 16.5. The van der Waals surface area contributed by atoms with Crippen molar-refractivity contribution >= 4 is 11.7 Å². The van der Waals surface area contributed by atoms with E-state index in [1.807, 2.05) is 0 Å². The maximum Gasteiger partial charge on any atom is 0.358 e. The zero-order chi connectivity index (χ0) is 14.1.